The molecule has 1 saturated heterocycles. The number of hydrogen-bond donors (Lipinski definition) is 3. The predicted molar refractivity (Wildman–Crippen MR) is 137 cm³/mol. The van der Waals surface area contributed by atoms with E-state index in [2.05, 4.69) is 10.1 Å². The second-order valence-corrected chi connectivity index (χ2v) is 12.0. The van der Waals surface area contributed by atoms with Crippen molar-refractivity contribution in [3.63, 3.8) is 0 Å². The number of esters is 1. The zero-order chi connectivity index (χ0) is 27.5. The summed E-state index contributed by atoms with van der Waals surface area (Å²) in [6.07, 6.45) is 3.44. The summed E-state index contributed by atoms with van der Waals surface area (Å²) in [6.45, 7) is 7.80. The largest absolute Gasteiger partial charge is 0.462 e. The van der Waals surface area contributed by atoms with E-state index in [4.69, 9.17) is 35.9 Å². The molecule has 37 heavy (non-hydrogen) atoms. The van der Waals surface area contributed by atoms with Crippen molar-refractivity contribution in [3.05, 3.63) is 46.7 Å². The molecule has 2 heterocycles. The lowest BCUT2D eigenvalue weighted by atomic mass is 10.0. The average molecular weight is 561 g/mol. The second kappa shape index (κ2) is 11.7. The molecule has 1 aromatic heterocycles. The number of ether oxygens (including phenoxy) is 2. The van der Waals surface area contributed by atoms with Gasteiger partial charge in [0.15, 0.2) is 6.23 Å². The Bertz CT molecular complexity index is 1150. The molecular formula is C23H34ClN4O8P. The quantitative estimate of drug-likeness (QED) is 0.219. The number of aliphatic hydroxyl groups excluding tert-OH is 1. The van der Waals surface area contributed by atoms with Crippen molar-refractivity contribution in [3.8, 4) is 0 Å². The van der Waals surface area contributed by atoms with Crippen LogP contribution in [0.5, 0.6) is 0 Å². The summed E-state index contributed by atoms with van der Waals surface area (Å²) in [5.74, 6) is -0.314. The van der Waals surface area contributed by atoms with Crippen molar-refractivity contribution in [1.29, 1.82) is 0 Å². The smallest absolute Gasteiger partial charge is 0.459 e. The highest BCUT2D eigenvalue weighted by atomic mass is 35.5. The Morgan fingerprint density at radius 3 is 2.78 bits per heavy atom. The van der Waals surface area contributed by atoms with Gasteiger partial charge < -0.3 is 24.8 Å². The van der Waals surface area contributed by atoms with Gasteiger partial charge >= 0.3 is 19.4 Å². The summed E-state index contributed by atoms with van der Waals surface area (Å²) < 4.78 is 37.4. The van der Waals surface area contributed by atoms with Crippen molar-refractivity contribution >= 4 is 31.1 Å². The van der Waals surface area contributed by atoms with Crippen LogP contribution in [0.25, 0.3) is 0 Å². The highest BCUT2D eigenvalue weighted by Gasteiger charge is 2.54. The van der Waals surface area contributed by atoms with Gasteiger partial charge in [-0.1, -0.05) is 19.1 Å². The minimum atomic E-state index is -4.19. The number of aromatic nitrogens is 2. The van der Waals surface area contributed by atoms with E-state index >= 15 is 0 Å². The van der Waals surface area contributed by atoms with Crippen LogP contribution < -0.4 is 16.5 Å². The molecule has 12 nitrogen and oxygen atoms in total. The third kappa shape index (κ3) is 7.01. The number of nitrogens with zero attached hydrogens (tertiary/aromatic N) is 2. The lowest BCUT2D eigenvalue weighted by Crippen LogP contribution is -2.42. The Balaban J connectivity index is 1.80. The summed E-state index contributed by atoms with van der Waals surface area (Å²) in [4.78, 5) is 26.9. The molecule has 14 heteroatoms. The standard InChI is InChI=1S/C23H34ClN4O8P/c1-13(2)34-20(30)15(4)27-37(32,36-16-9-7-6-8-14(16)3)33-12-17-19(29)23(5,24)21(35-17)28-11-10-18(25)26-22(28)31/h6-7,9-11,13-15,17,19,21,29H,8,12H2,1-5H3,(H,27,32)(H2,25,26,31)/t14?,15-,17?,19+,21+,23+,37?/m0/s1. The van der Waals surface area contributed by atoms with Gasteiger partial charge in [-0.05, 0) is 46.3 Å². The molecule has 3 unspecified atom stereocenters. The van der Waals surface area contributed by atoms with Crippen molar-refractivity contribution in [2.24, 2.45) is 5.92 Å². The fraction of sp³-hybridized carbons (Fsp3) is 0.609. The maximum Gasteiger partial charge on any atom is 0.459 e. The lowest BCUT2D eigenvalue weighted by molar-refractivity contribution is -0.149. The van der Waals surface area contributed by atoms with Crippen LogP contribution in [0.3, 0.4) is 0 Å². The van der Waals surface area contributed by atoms with Crippen LogP contribution in [-0.2, 0) is 27.9 Å². The van der Waals surface area contributed by atoms with Gasteiger partial charge in [-0.15, -0.1) is 11.6 Å². The Hall–Kier alpha value is -2.21. The first kappa shape index (κ1) is 29.3. The molecular weight excluding hydrogens is 527 g/mol. The third-order valence-corrected chi connectivity index (χ3v) is 7.94. The van der Waals surface area contributed by atoms with Crippen LogP contribution in [0.2, 0.25) is 0 Å². The first-order valence-corrected chi connectivity index (χ1v) is 13.8. The zero-order valence-electron chi connectivity index (χ0n) is 21.4. The highest BCUT2D eigenvalue weighted by Crippen LogP contribution is 2.50. The molecule has 0 bridgehead atoms. The summed E-state index contributed by atoms with van der Waals surface area (Å²) >= 11 is 6.58. The number of alkyl halides is 1. The van der Waals surface area contributed by atoms with E-state index in [0.717, 1.165) is 4.57 Å². The van der Waals surface area contributed by atoms with Crippen LogP contribution in [-0.4, -0.2) is 56.5 Å². The predicted octanol–water partition coefficient (Wildman–Crippen LogP) is 2.63. The van der Waals surface area contributed by atoms with E-state index < -0.39 is 55.4 Å². The minimum absolute atomic E-state index is 0.0197. The monoisotopic (exact) mass is 560 g/mol. The summed E-state index contributed by atoms with van der Waals surface area (Å²) in [5, 5.41) is 13.5. The number of nitrogens with one attached hydrogen (secondary N) is 1. The fourth-order valence-corrected chi connectivity index (χ4v) is 5.74. The van der Waals surface area contributed by atoms with Crippen molar-refractivity contribution < 1.29 is 33.0 Å². The number of carbonyl (C=O) groups is 1. The van der Waals surface area contributed by atoms with Crippen LogP contribution in [0, 0.1) is 5.92 Å². The number of halogens is 1. The SMILES string of the molecule is CC(C)OC(=O)[C@H](C)NP(=O)(OCC1O[C@@H](n2ccc(N)nc2=O)[C@](C)(Cl)[C@@H]1O)OC1=CC=CCC1C. The molecule has 1 aliphatic heterocycles. The number of nitrogens with two attached hydrogens (primary N) is 1. The van der Waals surface area contributed by atoms with Gasteiger partial charge in [0.05, 0.1) is 12.7 Å². The number of carbonyl (C=O) groups excluding carboxylic acids is 1. The molecule has 1 aliphatic carbocycles. The van der Waals surface area contributed by atoms with E-state index in [1.165, 1.54) is 26.1 Å². The molecule has 0 spiro atoms. The van der Waals surface area contributed by atoms with Gasteiger partial charge in [-0.3, -0.25) is 13.9 Å². The Morgan fingerprint density at radius 1 is 1.46 bits per heavy atom. The highest BCUT2D eigenvalue weighted by molar-refractivity contribution is 7.51. The molecule has 0 aromatic carbocycles. The number of hydrogen-bond acceptors (Lipinski definition) is 10. The van der Waals surface area contributed by atoms with Crippen LogP contribution >= 0.6 is 19.3 Å². The van der Waals surface area contributed by atoms with E-state index in [1.54, 1.807) is 26.0 Å². The Morgan fingerprint density at radius 2 is 2.16 bits per heavy atom. The van der Waals surface area contributed by atoms with E-state index in [0.29, 0.717) is 12.2 Å². The molecule has 7 atom stereocenters. The lowest BCUT2D eigenvalue weighted by Gasteiger charge is -2.28. The van der Waals surface area contributed by atoms with Gasteiger partial charge in [0, 0.05) is 12.1 Å². The van der Waals surface area contributed by atoms with Crippen molar-refractivity contribution in [1.82, 2.24) is 14.6 Å². The molecule has 1 aromatic rings. The summed E-state index contributed by atoms with van der Waals surface area (Å²) in [6, 6.07) is 0.355. The number of nitrogen functional groups attached to an aromatic ring is 1. The molecule has 2 aliphatic rings. The fourth-order valence-electron chi connectivity index (χ4n) is 3.83. The Kier molecular flexibility index (Phi) is 9.26. The summed E-state index contributed by atoms with van der Waals surface area (Å²) in [5.41, 5.74) is 4.84. The number of allylic oxidation sites excluding steroid dienone is 4. The van der Waals surface area contributed by atoms with E-state index in [9.17, 15) is 19.3 Å². The molecule has 4 N–H and O–H groups in total. The van der Waals surface area contributed by atoms with Gasteiger partial charge in [-0.2, -0.15) is 10.1 Å². The van der Waals surface area contributed by atoms with Crippen LogP contribution in [0.4, 0.5) is 5.82 Å². The number of rotatable bonds is 10. The number of anilines is 1. The number of aliphatic hydroxyl groups is 1. The average Bonchev–Trinajstić information content (AvgIpc) is 3.02. The maximum atomic E-state index is 13.8. The van der Waals surface area contributed by atoms with Gasteiger partial charge in [0.25, 0.3) is 0 Å². The van der Waals surface area contributed by atoms with Gasteiger partial charge in [0.1, 0.15) is 34.7 Å². The summed E-state index contributed by atoms with van der Waals surface area (Å²) in [7, 11) is -4.19. The molecule has 3 rings (SSSR count). The van der Waals surface area contributed by atoms with Gasteiger partial charge in [0.2, 0.25) is 0 Å². The maximum absolute atomic E-state index is 13.8. The molecule has 206 valence electrons. The minimum Gasteiger partial charge on any atom is -0.462 e. The van der Waals surface area contributed by atoms with Crippen molar-refractivity contribution in [2.45, 2.75) is 76.5 Å². The first-order valence-electron chi connectivity index (χ1n) is 11.9. The zero-order valence-corrected chi connectivity index (χ0v) is 23.0. The second-order valence-electron chi connectivity index (χ2n) is 9.52. The Labute approximate surface area is 220 Å². The third-order valence-electron chi connectivity index (χ3n) is 5.88. The topological polar surface area (TPSA) is 164 Å². The first-order chi connectivity index (χ1) is 17.2. The molecule has 0 saturated carbocycles. The van der Waals surface area contributed by atoms with Crippen LogP contribution in [0.1, 0.15) is 47.3 Å². The molecule has 0 amide bonds. The van der Waals surface area contributed by atoms with E-state index in [-0.39, 0.29) is 17.8 Å². The van der Waals surface area contributed by atoms with E-state index in [1.807, 2.05) is 13.0 Å². The normalized spacial score (nSPS) is 30.0. The van der Waals surface area contributed by atoms with Crippen molar-refractivity contribution in [2.75, 3.05) is 12.3 Å². The van der Waals surface area contributed by atoms with Crippen LogP contribution in [0.15, 0.2) is 41.0 Å². The van der Waals surface area contributed by atoms with Gasteiger partial charge in [-0.25, -0.2) is 9.36 Å². The molecule has 1 fully saturated rings. The molecule has 0 radical (unpaired) electrons.